The van der Waals surface area contributed by atoms with E-state index < -0.39 is 0 Å². The average Bonchev–Trinajstić information content (AvgIpc) is 2.88. The van der Waals surface area contributed by atoms with Crippen LogP contribution in [0.2, 0.25) is 0 Å². The van der Waals surface area contributed by atoms with Gasteiger partial charge in [-0.05, 0) is 47.2 Å². The first kappa shape index (κ1) is 19.9. The van der Waals surface area contributed by atoms with Gasteiger partial charge in [0.2, 0.25) is 0 Å². The predicted molar refractivity (Wildman–Crippen MR) is 138 cm³/mol. The SMILES string of the molecule is CN(c1ccccc1)c1ccccc1-c1ccccc1N(C)c1ccc2ccccc2c1. The smallest absolute Gasteiger partial charge is 0.0488 e. The van der Waals surface area contributed by atoms with Gasteiger partial charge in [-0.15, -0.1) is 0 Å². The second-order valence-corrected chi connectivity index (χ2v) is 8.02. The van der Waals surface area contributed by atoms with Crippen LogP contribution in [0.15, 0.2) is 121 Å². The summed E-state index contributed by atoms with van der Waals surface area (Å²) in [7, 11) is 4.27. The molecule has 2 nitrogen and oxygen atoms in total. The van der Waals surface area contributed by atoms with Crippen molar-refractivity contribution in [1.82, 2.24) is 0 Å². The lowest BCUT2D eigenvalue weighted by atomic mass is 9.99. The normalized spacial score (nSPS) is 10.8. The molecule has 0 aliphatic rings. The molecular weight excluding hydrogens is 388 g/mol. The minimum absolute atomic E-state index is 1.17. The van der Waals surface area contributed by atoms with E-state index in [0.717, 1.165) is 0 Å². The number of hydrogen-bond donors (Lipinski definition) is 0. The second-order valence-electron chi connectivity index (χ2n) is 8.02. The van der Waals surface area contributed by atoms with Crippen molar-refractivity contribution in [3.8, 4) is 11.1 Å². The molecule has 5 aromatic rings. The van der Waals surface area contributed by atoms with Crippen LogP contribution in [-0.4, -0.2) is 14.1 Å². The van der Waals surface area contributed by atoms with E-state index in [4.69, 9.17) is 0 Å². The highest BCUT2D eigenvalue weighted by Crippen LogP contribution is 2.40. The van der Waals surface area contributed by atoms with Crippen LogP contribution in [0, 0.1) is 0 Å². The molecule has 0 spiro atoms. The number of nitrogens with zero attached hydrogens (tertiary/aromatic N) is 2. The topological polar surface area (TPSA) is 6.48 Å². The summed E-state index contributed by atoms with van der Waals surface area (Å²) in [6.45, 7) is 0. The van der Waals surface area contributed by atoms with Crippen LogP contribution < -0.4 is 9.80 Å². The number of hydrogen-bond acceptors (Lipinski definition) is 2. The second kappa shape index (κ2) is 8.60. The molecule has 0 atom stereocenters. The zero-order valence-corrected chi connectivity index (χ0v) is 18.4. The molecule has 5 aromatic carbocycles. The standard InChI is InChI=1S/C30H26N2/c1-31(25-14-4-3-5-15-25)29-18-10-8-16-27(29)28-17-9-11-19-30(28)32(2)26-21-20-23-12-6-7-13-24(23)22-26/h3-22H,1-2H3. The molecule has 0 heterocycles. The Morgan fingerprint density at radius 3 is 1.56 bits per heavy atom. The minimum Gasteiger partial charge on any atom is -0.344 e. The van der Waals surface area contributed by atoms with E-state index in [1.54, 1.807) is 0 Å². The third-order valence-electron chi connectivity index (χ3n) is 6.08. The van der Waals surface area contributed by atoms with E-state index in [0.29, 0.717) is 0 Å². The van der Waals surface area contributed by atoms with Gasteiger partial charge in [0.1, 0.15) is 0 Å². The van der Waals surface area contributed by atoms with Gasteiger partial charge in [-0.3, -0.25) is 0 Å². The van der Waals surface area contributed by atoms with Crippen LogP contribution in [-0.2, 0) is 0 Å². The van der Waals surface area contributed by atoms with Gasteiger partial charge in [-0.2, -0.15) is 0 Å². The molecule has 2 heteroatoms. The summed E-state index contributed by atoms with van der Waals surface area (Å²) in [5.41, 5.74) is 7.11. The van der Waals surface area contributed by atoms with Crippen molar-refractivity contribution in [1.29, 1.82) is 0 Å². The molecule has 0 aliphatic heterocycles. The molecule has 0 amide bonds. The summed E-state index contributed by atoms with van der Waals surface area (Å²) in [5.74, 6) is 0. The van der Waals surface area contributed by atoms with Gasteiger partial charge in [0.25, 0.3) is 0 Å². The first-order chi connectivity index (χ1) is 15.7. The Balaban J connectivity index is 1.60. The lowest BCUT2D eigenvalue weighted by Gasteiger charge is -2.27. The molecule has 0 aliphatic carbocycles. The van der Waals surface area contributed by atoms with E-state index in [9.17, 15) is 0 Å². The fourth-order valence-electron chi connectivity index (χ4n) is 4.30. The highest BCUT2D eigenvalue weighted by Gasteiger charge is 2.16. The molecule has 0 unspecified atom stereocenters. The van der Waals surface area contributed by atoms with Gasteiger partial charge >= 0.3 is 0 Å². The number of anilines is 4. The van der Waals surface area contributed by atoms with Crippen molar-refractivity contribution < 1.29 is 0 Å². The summed E-state index contributed by atoms with van der Waals surface area (Å²) < 4.78 is 0. The monoisotopic (exact) mass is 414 g/mol. The largest absolute Gasteiger partial charge is 0.344 e. The summed E-state index contributed by atoms with van der Waals surface area (Å²) >= 11 is 0. The van der Waals surface area contributed by atoms with Crippen molar-refractivity contribution in [2.45, 2.75) is 0 Å². The van der Waals surface area contributed by atoms with Crippen molar-refractivity contribution in [3.05, 3.63) is 121 Å². The Morgan fingerprint density at radius 2 is 0.906 bits per heavy atom. The number of rotatable bonds is 5. The van der Waals surface area contributed by atoms with Gasteiger partial charge in [0.05, 0.1) is 0 Å². The van der Waals surface area contributed by atoms with Gasteiger partial charge in [0.15, 0.2) is 0 Å². The van der Waals surface area contributed by atoms with E-state index in [2.05, 4.69) is 145 Å². The average molecular weight is 415 g/mol. The van der Waals surface area contributed by atoms with Crippen LogP contribution in [0.3, 0.4) is 0 Å². The van der Waals surface area contributed by atoms with Crippen molar-refractivity contribution in [2.24, 2.45) is 0 Å². The molecule has 156 valence electrons. The molecule has 32 heavy (non-hydrogen) atoms. The number of benzene rings is 5. The molecule has 0 saturated carbocycles. The molecule has 0 radical (unpaired) electrons. The first-order valence-electron chi connectivity index (χ1n) is 10.9. The maximum atomic E-state index is 2.28. The maximum Gasteiger partial charge on any atom is 0.0488 e. The number of fused-ring (bicyclic) bond motifs is 1. The molecular formula is C30H26N2. The van der Waals surface area contributed by atoms with E-state index in [1.165, 1.54) is 44.6 Å². The molecule has 0 fully saturated rings. The highest BCUT2D eigenvalue weighted by atomic mass is 15.1. The van der Waals surface area contributed by atoms with E-state index >= 15 is 0 Å². The summed E-state index contributed by atoms with van der Waals surface area (Å²) in [5, 5.41) is 2.51. The Bertz CT molecular complexity index is 1360. The van der Waals surface area contributed by atoms with Crippen LogP contribution >= 0.6 is 0 Å². The minimum atomic E-state index is 1.17. The Morgan fingerprint density at radius 1 is 0.406 bits per heavy atom. The summed E-state index contributed by atoms with van der Waals surface area (Å²) in [6.07, 6.45) is 0. The fraction of sp³-hybridized carbons (Fsp3) is 0.0667. The lowest BCUT2D eigenvalue weighted by molar-refractivity contribution is 1.20. The van der Waals surface area contributed by atoms with Gasteiger partial charge in [-0.25, -0.2) is 0 Å². The Kier molecular flexibility index (Phi) is 5.35. The van der Waals surface area contributed by atoms with E-state index in [-0.39, 0.29) is 0 Å². The molecule has 0 bridgehead atoms. The van der Waals surface area contributed by atoms with Crippen LogP contribution in [0.25, 0.3) is 21.9 Å². The zero-order chi connectivity index (χ0) is 21.9. The predicted octanol–water partition coefficient (Wildman–Crippen LogP) is 8.04. The third-order valence-corrected chi connectivity index (χ3v) is 6.08. The molecule has 5 rings (SSSR count). The van der Waals surface area contributed by atoms with Gasteiger partial charge in [-0.1, -0.05) is 84.9 Å². The zero-order valence-electron chi connectivity index (χ0n) is 18.4. The van der Waals surface area contributed by atoms with Crippen molar-refractivity contribution >= 4 is 33.5 Å². The lowest BCUT2D eigenvalue weighted by Crippen LogP contribution is -2.13. The van der Waals surface area contributed by atoms with Crippen LogP contribution in [0.5, 0.6) is 0 Å². The molecule has 0 saturated heterocycles. The Labute approximate surface area is 190 Å². The fourth-order valence-corrected chi connectivity index (χ4v) is 4.30. The summed E-state index contributed by atoms with van der Waals surface area (Å²) in [4.78, 5) is 4.53. The van der Waals surface area contributed by atoms with Crippen molar-refractivity contribution in [3.63, 3.8) is 0 Å². The summed E-state index contributed by atoms with van der Waals surface area (Å²) in [6, 6.07) is 42.9. The first-order valence-corrected chi connectivity index (χ1v) is 10.9. The molecule has 0 N–H and O–H groups in total. The van der Waals surface area contributed by atoms with Gasteiger partial charge < -0.3 is 9.80 Å². The van der Waals surface area contributed by atoms with Gasteiger partial charge in [0, 0.05) is 48.0 Å². The third kappa shape index (κ3) is 3.72. The van der Waals surface area contributed by atoms with E-state index in [1.807, 2.05) is 0 Å². The number of para-hydroxylation sites is 3. The quantitative estimate of drug-likeness (QED) is 0.287. The Hall–Kier alpha value is -4.04. The van der Waals surface area contributed by atoms with Crippen molar-refractivity contribution in [2.75, 3.05) is 23.9 Å². The molecule has 0 aromatic heterocycles. The van der Waals surface area contributed by atoms with Crippen LogP contribution in [0.1, 0.15) is 0 Å². The van der Waals surface area contributed by atoms with Crippen LogP contribution in [0.4, 0.5) is 22.7 Å². The maximum absolute atomic E-state index is 2.28. The highest BCUT2D eigenvalue weighted by molar-refractivity contribution is 5.92.